The van der Waals surface area contributed by atoms with Crippen molar-refractivity contribution >= 4 is 5.84 Å². The molecule has 0 fully saturated rings. The van der Waals surface area contributed by atoms with Crippen LogP contribution in [0.25, 0.3) is 0 Å². The van der Waals surface area contributed by atoms with E-state index in [1.165, 1.54) is 0 Å². The molecule has 4 nitrogen and oxygen atoms in total. The molecule has 2 heterocycles. The summed E-state index contributed by atoms with van der Waals surface area (Å²) in [7, 11) is 0. The minimum Gasteiger partial charge on any atom is -0.382 e. The highest BCUT2D eigenvalue weighted by molar-refractivity contribution is 5.95. The molecule has 4 heteroatoms. The minimum absolute atomic E-state index is 0.463. The third-order valence-electron chi connectivity index (χ3n) is 1.89. The predicted octanol–water partition coefficient (Wildman–Crippen LogP) is 0.572. The third-order valence-corrected chi connectivity index (χ3v) is 1.89. The number of fused-ring (bicyclic) bond motifs is 1. The van der Waals surface area contributed by atoms with E-state index in [9.17, 15) is 0 Å². The molecule has 0 amide bonds. The summed E-state index contributed by atoms with van der Waals surface area (Å²) in [6.07, 6.45) is 6.12. The van der Waals surface area contributed by atoms with Gasteiger partial charge in [-0.25, -0.2) is 0 Å². The van der Waals surface area contributed by atoms with Crippen LogP contribution in [0.4, 0.5) is 0 Å². The van der Waals surface area contributed by atoms with E-state index in [-0.39, 0.29) is 0 Å². The Morgan fingerprint density at radius 2 is 2.38 bits per heavy atom. The molecular formula is C9H14N4. The lowest BCUT2D eigenvalue weighted by molar-refractivity contribution is 0.537. The molecule has 0 atom stereocenters. The van der Waals surface area contributed by atoms with E-state index >= 15 is 0 Å². The van der Waals surface area contributed by atoms with Gasteiger partial charge in [-0.05, 0) is 26.0 Å². The van der Waals surface area contributed by atoms with Crippen LogP contribution in [0.5, 0.6) is 0 Å². The number of amidine groups is 1. The molecule has 2 N–H and O–H groups in total. The van der Waals surface area contributed by atoms with Crippen molar-refractivity contribution in [2.24, 2.45) is 5.10 Å². The lowest BCUT2D eigenvalue weighted by Crippen LogP contribution is -2.30. The third kappa shape index (κ3) is 1.66. The number of allylic oxidation sites excluding steroid dienone is 1. The quantitative estimate of drug-likeness (QED) is 0.649. The number of hydrogen-bond acceptors (Lipinski definition) is 4. The van der Waals surface area contributed by atoms with Gasteiger partial charge in [0.2, 0.25) is 0 Å². The van der Waals surface area contributed by atoms with Crippen molar-refractivity contribution in [1.29, 1.82) is 0 Å². The van der Waals surface area contributed by atoms with E-state index in [0.29, 0.717) is 6.04 Å². The van der Waals surface area contributed by atoms with Crippen LogP contribution in [-0.4, -0.2) is 23.4 Å². The summed E-state index contributed by atoms with van der Waals surface area (Å²) >= 11 is 0. The van der Waals surface area contributed by atoms with Crippen molar-refractivity contribution in [2.75, 3.05) is 6.67 Å². The van der Waals surface area contributed by atoms with Gasteiger partial charge in [0.25, 0.3) is 0 Å². The fourth-order valence-corrected chi connectivity index (χ4v) is 1.38. The van der Waals surface area contributed by atoms with Crippen molar-refractivity contribution in [2.45, 2.75) is 19.9 Å². The average Bonchev–Trinajstić information content (AvgIpc) is 2.49. The topological polar surface area (TPSA) is 39.7 Å². The predicted molar refractivity (Wildman–Crippen MR) is 52.8 cm³/mol. The number of hydrogen-bond donors (Lipinski definition) is 2. The van der Waals surface area contributed by atoms with Gasteiger partial charge < -0.3 is 10.2 Å². The van der Waals surface area contributed by atoms with E-state index in [1.807, 2.05) is 12.2 Å². The molecule has 0 unspecified atom stereocenters. The molecule has 0 aromatic carbocycles. The van der Waals surface area contributed by atoms with Gasteiger partial charge in [0, 0.05) is 12.2 Å². The van der Waals surface area contributed by atoms with Crippen molar-refractivity contribution in [1.82, 2.24) is 15.6 Å². The second-order valence-electron chi connectivity index (χ2n) is 3.47. The van der Waals surface area contributed by atoms with Crippen LogP contribution in [0.15, 0.2) is 29.2 Å². The Morgan fingerprint density at radius 3 is 3.15 bits per heavy atom. The average molecular weight is 178 g/mol. The van der Waals surface area contributed by atoms with Crippen LogP contribution >= 0.6 is 0 Å². The van der Waals surface area contributed by atoms with Crippen LogP contribution in [0, 0.1) is 0 Å². The maximum absolute atomic E-state index is 4.10. The Hall–Kier alpha value is -1.45. The highest BCUT2D eigenvalue weighted by Crippen LogP contribution is 2.10. The van der Waals surface area contributed by atoms with Crippen LogP contribution in [0.2, 0.25) is 0 Å². The van der Waals surface area contributed by atoms with Crippen LogP contribution in [0.1, 0.15) is 13.8 Å². The molecular weight excluding hydrogens is 164 g/mol. The summed E-state index contributed by atoms with van der Waals surface area (Å²) in [4.78, 5) is 2.07. The Morgan fingerprint density at radius 1 is 1.54 bits per heavy atom. The van der Waals surface area contributed by atoms with Crippen LogP contribution < -0.4 is 10.7 Å². The van der Waals surface area contributed by atoms with E-state index in [1.54, 1.807) is 0 Å². The summed E-state index contributed by atoms with van der Waals surface area (Å²) in [5.41, 5.74) is 4.07. The molecule has 0 saturated heterocycles. The van der Waals surface area contributed by atoms with Crippen LogP contribution in [-0.2, 0) is 0 Å². The van der Waals surface area contributed by atoms with Crippen molar-refractivity contribution in [3.63, 3.8) is 0 Å². The fraction of sp³-hybridized carbons (Fsp3) is 0.444. The second-order valence-corrected chi connectivity index (χ2v) is 3.47. The molecule has 70 valence electrons. The van der Waals surface area contributed by atoms with E-state index in [2.05, 4.69) is 40.8 Å². The molecule has 2 aliphatic heterocycles. The first kappa shape index (κ1) is 8.16. The summed E-state index contributed by atoms with van der Waals surface area (Å²) in [6.45, 7) is 5.02. The molecule has 0 radical (unpaired) electrons. The van der Waals surface area contributed by atoms with Gasteiger partial charge in [0.15, 0.2) is 5.84 Å². The minimum atomic E-state index is 0.463. The maximum atomic E-state index is 4.10. The number of rotatable bonds is 2. The zero-order valence-electron chi connectivity index (χ0n) is 7.91. The molecule has 0 aliphatic carbocycles. The zero-order valence-corrected chi connectivity index (χ0v) is 7.91. The Labute approximate surface area is 78.0 Å². The van der Waals surface area contributed by atoms with E-state index in [0.717, 1.165) is 18.2 Å². The normalized spacial score (nSPS) is 19.5. The summed E-state index contributed by atoms with van der Waals surface area (Å²) in [5, 5.41) is 7.45. The Kier molecular flexibility index (Phi) is 1.96. The highest BCUT2D eigenvalue weighted by Gasteiger charge is 2.15. The monoisotopic (exact) mass is 178 g/mol. The van der Waals surface area contributed by atoms with Gasteiger partial charge in [-0.1, -0.05) is 0 Å². The fourth-order valence-electron chi connectivity index (χ4n) is 1.38. The van der Waals surface area contributed by atoms with Gasteiger partial charge in [-0.2, -0.15) is 5.10 Å². The van der Waals surface area contributed by atoms with Crippen molar-refractivity contribution < 1.29 is 0 Å². The molecule has 2 aliphatic rings. The number of nitrogens with one attached hydrogen (secondary N) is 2. The first-order valence-corrected chi connectivity index (χ1v) is 4.49. The molecule has 0 aromatic rings. The first-order valence-electron chi connectivity index (χ1n) is 4.49. The lowest BCUT2D eigenvalue weighted by Gasteiger charge is -2.20. The maximum Gasteiger partial charge on any atom is 0.154 e. The van der Waals surface area contributed by atoms with Gasteiger partial charge in [0.05, 0.1) is 5.70 Å². The summed E-state index contributed by atoms with van der Waals surface area (Å²) in [6, 6.07) is 0.463. The summed E-state index contributed by atoms with van der Waals surface area (Å²) < 4.78 is 0. The van der Waals surface area contributed by atoms with Gasteiger partial charge in [-0.3, -0.25) is 5.43 Å². The van der Waals surface area contributed by atoms with Gasteiger partial charge in [-0.15, -0.1) is 0 Å². The molecule has 2 rings (SSSR count). The largest absolute Gasteiger partial charge is 0.382 e. The van der Waals surface area contributed by atoms with Crippen LogP contribution in [0.3, 0.4) is 0 Å². The molecule has 13 heavy (non-hydrogen) atoms. The van der Waals surface area contributed by atoms with Gasteiger partial charge >= 0.3 is 0 Å². The van der Waals surface area contributed by atoms with Crippen molar-refractivity contribution in [3.8, 4) is 0 Å². The van der Waals surface area contributed by atoms with E-state index < -0.39 is 0 Å². The molecule has 0 aromatic heterocycles. The molecule has 0 spiro atoms. The SMILES string of the molecule is CC(C)NC1=CN2CNN=C2C=C1. The number of hydrazone groups is 1. The smallest absolute Gasteiger partial charge is 0.154 e. The highest BCUT2D eigenvalue weighted by atomic mass is 15.5. The Bertz CT molecular complexity index is 288. The molecule has 0 saturated carbocycles. The van der Waals surface area contributed by atoms with Crippen molar-refractivity contribution in [3.05, 3.63) is 24.0 Å². The lowest BCUT2D eigenvalue weighted by atomic mass is 10.2. The van der Waals surface area contributed by atoms with E-state index in [4.69, 9.17) is 0 Å². The molecule has 0 bridgehead atoms. The second kappa shape index (κ2) is 3.12. The zero-order chi connectivity index (χ0) is 9.26. The standard InChI is InChI=1S/C9H14N4/c1-7(2)11-8-3-4-9-12-10-6-13(9)5-8/h3-5,7,10-11H,6H2,1-2H3. The first-order chi connectivity index (χ1) is 6.25. The summed E-state index contributed by atoms with van der Waals surface area (Å²) in [5.74, 6) is 0.981. The Balaban J connectivity index is 2.08. The number of nitrogens with zero attached hydrogens (tertiary/aromatic N) is 2. The van der Waals surface area contributed by atoms with Gasteiger partial charge in [0.1, 0.15) is 6.67 Å².